The van der Waals surface area contributed by atoms with E-state index in [0.29, 0.717) is 55.1 Å². The summed E-state index contributed by atoms with van der Waals surface area (Å²) >= 11 is 0. The molecule has 40 heavy (non-hydrogen) atoms. The molecule has 7 rings (SSSR count). The summed E-state index contributed by atoms with van der Waals surface area (Å²) in [6, 6.07) is 6.05. The van der Waals surface area contributed by atoms with Gasteiger partial charge in [-0.05, 0) is 55.1 Å². The molecule has 2 fully saturated rings. The molecule has 2 N–H and O–H groups in total. The van der Waals surface area contributed by atoms with E-state index in [1.54, 1.807) is 11.0 Å². The monoisotopic (exact) mass is 548 g/mol. The quantitative estimate of drug-likeness (QED) is 0.478. The summed E-state index contributed by atoms with van der Waals surface area (Å²) in [7, 11) is 2.09. The highest BCUT2D eigenvalue weighted by molar-refractivity contribution is 6.00. The van der Waals surface area contributed by atoms with Crippen LogP contribution in [-0.2, 0) is 24.4 Å². The van der Waals surface area contributed by atoms with Crippen LogP contribution >= 0.6 is 0 Å². The first kappa shape index (κ1) is 25.7. The van der Waals surface area contributed by atoms with Gasteiger partial charge in [-0.15, -0.1) is 0 Å². The molecule has 2 aromatic carbocycles. The van der Waals surface area contributed by atoms with Crippen LogP contribution in [-0.4, -0.2) is 53.0 Å². The number of halogens is 2. The maximum absolute atomic E-state index is 15.5. The van der Waals surface area contributed by atoms with Gasteiger partial charge in [0.15, 0.2) is 11.6 Å². The van der Waals surface area contributed by atoms with E-state index in [1.165, 1.54) is 12.1 Å². The standard InChI is InChI=1S/C31H34F2N4O3/c1-17-3-4-27(18-9-19-13-31(5-7-36(2)8-6-31)40-28(19)25(33)10-18)37(14-17)30(38)21-11-20-22-15-39-16-23(22)29(34)35-26(20)12-24(21)32/h9-12,17,27H,3-8,13-16H2,1-2H3,(H2,34,35)/t17-,27?/m0/s1. The molecule has 4 aliphatic rings. The molecule has 3 aromatic rings. The summed E-state index contributed by atoms with van der Waals surface area (Å²) in [5, 5.41) is 0.678. The number of nitrogen functional groups attached to an aromatic ring is 1. The van der Waals surface area contributed by atoms with E-state index in [4.69, 9.17) is 15.2 Å². The van der Waals surface area contributed by atoms with Gasteiger partial charge < -0.3 is 25.0 Å². The molecular weight excluding hydrogens is 514 g/mol. The number of pyridine rings is 1. The summed E-state index contributed by atoms with van der Waals surface area (Å²) in [5.74, 6) is -0.507. The van der Waals surface area contributed by atoms with Crippen molar-refractivity contribution in [3.8, 4) is 5.75 Å². The number of anilines is 1. The number of benzene rings is 2. The molecule has 0 aliphatic carbocycles. The number of carbonyl (C=O) groups excluding carboxylic acids is 1. The average molecular weight is 549 g/mol. The van der Waals surface area contributed by atoms with E-state index >= 15 is 8.78 Å². The fraction of sp³-hybridized carbons (Fsp3) is 0.484. The second kappa shape index (κ2) is 9.38. The minimum absolute atomic E-state index is 0.0116. The average Bonchev–Trinajstić information content (AvgIpc) is 3.56. The molecule has 1 aromatic heterocycles. The van der Waals surface area contributed by atoms with E-state index in [0.717, 1.165) is 54.6 Å². The summed E-state index contributed by atoms with van der Waals surface area (Å²) < 4.78 is 42.8. The van der Waals surface area contributed by atoms with Crippen LogP contribution in [0.15, 0.2) is 24.3 Å². The Balaban J connectivity index is 1.24. The lowest BCUT2D eigenvalue weighted by Crippen LogP contribution is -2.46. The highest BCUT2D eigenvalue weighted by atomic mass is 19.1. The van der Waals surface area contributed by atoms with Crippen LogP contribution in [0.5, 0.6) is 5.75 Å². The van der Waals surface area contributed by atoms with Crippen LogP contribution in [0.3, 0.4) is 0 Å². The van der Waals surface area contributed by atoms with Gasteiger partial charge >= 0.3 is 0 Å². The topological polar surface area (TPSA) is 80.9 Å². The third kappa shape index (κ3) is 4.13. The van der Waals surface area contributed by atoms with Crippen LogP contribution in [0.2, 0.25) is 0 Å². The lowest BCUT2D eigenvalue weighted by molar-refractivity contribution is 0.0247. The first-order valence-corrected chi connectivity index (χ1v) is 14.2. The van der Waals surface area contributed by atoms with Crippen molar-refractivity contribution in [1.29, 1.82) is 0 Å². The smallest absolute Gasteiger partial charge is 0.257 e. The minimum Gasteiger partial charge on any atom is -0.483 e. The lowest BCUT2D eigenvalue weighted by atomic mass is 9.85. The summed E-state index contributed by atoms with van der Waals surface area (Å²) in [4.78, 5) is 22.4. The van der Waals surface area contributed by atoms with Crippen LogP contribution in [0, 0.1) is 17.6 Å². The Hall–Kier alpha value is -3.30. The highest BCUT2D eigenvalue weighted by Gasteiger charge is 2.43. The fourth-order valence-corrected chi connectivity index (χ4v) is 7.05. The highest BCUT2D eigenvalue weighted by Crippen LogP contribution is 2.45. The van der Waals surface area contributed by atoms with Gasteiger partial charge in [-0.2, -0.15) is 0 Å². The van der Waals surface area contributed by atoms with Gasteiger partial charge in [-0.25, -0.2) is 13.8 Å². The summed E-state index contributed by atoms with van der Waals surface area (Å²) in [5.41, 5.74) is 9.36. The van der Waals surface area contributed by atoms with Crippen molar-refractivity contribution in [2.24, 2.45) is 5.92 Å². The first-order valence-electron chi connectivity index (χ1n) is 14.2. The molecule has 9 heteroatoms. The van der Waals surface area contributed by atoms with Crippen LogP contribution < -0.4 is 10.5 Å². The predicted molar refractivity (Wildman–Crippen MR) is 147 cm³/mol. The Morgan fingerprint density at radius 3 is 2.65 bits per heavy atom. The fourth-order valence-electron chi connectivity index (χ4n) is 7.05. The van der Waals surface area contributed by atoms with Crippen molar-refractivity contribution >= 4 is 22.6 Å². The predicted octanol–water partition coefficient (Wildman–Crippen LogP) is 5.14. The number of hydrogen-bond acceptors (Lipinski definition) is 6. The van der Waals surface area contributed by atoms with E-state index < -0.39 is 11.7 Å². The molecule has 4 aliphatic heterocycles. The summed E-state index contributed by atoms with van der Waals surface area (Å²) in [6.45, 7) is 5.08. The summed E-state index contributed by atoms with van der Waals surface area (Å²) in [6.07, 6.45) is 3.96. The number of amides is 1. The Morgan fingerprint density at radius 1 is 1.07 bits per heavy atom. The van der Waals surface area contributed by atoms with E-state index in [-0.39, 0.29) is 28.9 Å². The molecule has 210 valence electrons. The van der Waals surface area contributed by atoms with Crippen molar-refractivity contribution in [2.75, 3.05) is 32.4 Å². The second-order valence-corrected chi connectivity index (χ2v) is 12.2. The molecule has 7 nitrogen and oxygen atoms in total. The molecular formula is C31H34F2N4O3. The Kier molecular flexibility index (Phi) is 6.02. The maximum atomic E-state index is 15.5. The number of aromatic nitrogens is 1. The Labute approximate surface area is 232 Å². The van der Waals surface area contributed by atoms with Gasteiger partial charge in [-0.1, -0.05) is 6.92 Å². The van der Waals surface area contributed by atoms with Crippen molar-refractivity contribution in [1.82, 2.24) is 14.8 Å². The van der Waals surface area contributed by atoms with Crippen LogP contribution in [0.4, 0.5) is 14.6 Å². The molecule has 5 heterocycles. The number of rotatable bonds is 2. The van der Waals surface area contributed by atoms with E-state index in [1.807, 2.05) is 6.07 Å². The number of fused-ring (bicyclic) bond motifs is 4. The zero-order chi connectivity index (χ0) is 27.8. The molecule has 1 unspecified atom stereocenters. The zero-order valence-electron chi connectivity index (χ0n) is 22.9. The second-order valence-electron chi connectivity index (χ2n) is 12.2. The molecule has 1 amide bonds. The van der Waals surface area contributed by atoms with Gasteiger partial charge in [0.25, 0.3) is 5.91 Å². The minimum atomic E-state index is -0.641. The number of nitrogens with zero attached hydrogens (tertiary/aromatic N) is 3. The van der Waals surface area contributed by atoms with Gasteiger partial charge in [0.1, 0.15) is 17.2 Å². The molecule has 1 spiro atoms. The molecule has 2 atom stereocenters. The molecule has 2 saturated heterocycles. The van der Waals surface area contributed by atoms with Crippen molar-refractivity contribution in [3.63, 3.8) is 0 Å². The molecule has 0 radical (unpaired) electrons. The van der Waals surface area contributed by atoms with Crippen LogP contribution in [0.25, 0.3) is 10.9 Å². The van der Waals surface area contributed by atoms with E-state index in [2.05, 4.69) is 23.9 Å². The third-order valence-electron chi connectivity index (χ3n) is 9.38. The SMILES string of the molecule is C[C@H]1CCC(c2cc(F)c3c(c2)CC2(CCN(C)CC2)O3)N(C(=O)c2cc3c4c(c(N)nc3cc2F)COC4)C1. The number of likely N-dealkylation sites (tertiary alicyclic amines) is 2. The van der Waals surface area contributed by atoms with Gasteiger partial charge in [0.2, 0.25) is 0 Å². The van der Waals surface area contributed by atoms with Crippen molar-refractivity contribution in [3.05, 3.63) is 63.7 Å². The zero-order valence-corrected chi connectivity index (χ0v) is 22.9. The third-order valence-corrected chi connectivity index (χ3v) is 9.38. The first-order chi connectivity index (χ1) is 19.2. The van der Waals surface area contributed by atoms with E-state index in [9.17, 15) is 4.79 Å². The number of hydrogen-bond donors (Lipinski definition) is 1. The maximum Gasteiger partial charge on any atom is 0.257 e. The molecule has 0 bridgehead atoms. The van der Waals surface area contributed by atoms with Crippen molar-refractivity contribution in [2.45, 2.75) is 63.9 Å². The number of ether oxygens (including phenoxy) is 2. The Morgan fingerprint density at radius 2 is 1.85 bits per heavy atom. The number of nitrogens with two attached hydrogens (primary N) is 1. The number of carbonyl (C=O) groups is 1. The van der Waals surface area contributed by atoms with Crippen molar-refractivity contribution < 1.29 is 23.0 Å². The largest absolute Gasteiger partial charge is 0.483 e. The van der Waals surface area contributed by atoms with Gasteiger partial charge in [0.05, 0.1) is 30.3 Å². The van der Waals surface area contributed by atoms with Gasteiger partial charge in [0, 0.05) is 61.5 Å². The van der Waals surface area contributed by atoms with Gasteiger partial charge in [-0.3, -0.25) is 4.79 Å². The lowest BCUT2D eigenvalue weighted by Gasteiger charge is -2.39. The van der Waals surface area contributed by atoms with Crippen LogP contribution in [0.1, 0.15) is 71.3 Å². The molecule has 0 saturated carbocycles. The normalized spacial score (nSPS) is 23.9. The number of piperidine rings is 2. The Bertz CT molecular complexity index is 1540.